The van der Waals surface area contributed by atoms with Crippen LogP contribution in [0.15, 0.2) is 47.7 Å². The summed E-state index contributed by atoms with van der Waals surface area (Å²) in [6, 6.07) is 9.30. The van der Waals surface area contributed by atoms with Gasteiger partial charge in [0.05, 0.1) is 29.8 Å². The summed E-state index contributed by atoms with van der Waals surface area (Å²) in [6.07, 6.45) is 8.35. The van der Waals surface area contributed by atoms with Crippen molar-refractivity contribution in [1.29, 1.82) is 0 Å². The first-order valence-electron chi connectivity index (χ1n) is 12.5. The zero-order valence-electron chi connectivity index (χ0n) is 19.6. The molecule has 2 N–H and O–H groups in total. The summed E-state index contributed by atoms with van der Waals surface area (Å²) < 4.78 is 14.4. The van der Waals surface area contributed by atoms with Gasteiger partial charge in [0.1, 0.15) is 17.3 Å². The van der Waals surface area contributed by atoms with E-state index in [0.29, 0.717) is 6.54 Å². The highest BCUT2D eigenvalue weighted by Gasteiger charge is 2.47. The first-order chi connectivity index (χ1) is 17.1. The fraction of sp³-hybridized carbons (Fsp3) is 0.407. The predicted octanol–water partition coefficient (Wildman–Crippen LogP) is 3.57. The zero-order chi connectivity index (χ0) is 23.6. The molecule has 0 saturated carbocycles. The first-order valence-corrected chi connectivity index (χ1v) is 12.5. The van der Waals surface area contributed by atoms with Gasteiger partial charge in [0, 0.05) is 31.9 Å². The third-order valence-electron chi connectivity index (χ3n) is 8.39. The maximum absolute atomic E-state index is 14.4. The number of hydrogen-bond acceptors (Lipinski definition) is 7. The summed E-state index contributed by atoms with van der Waals surface area (Å²) in [5.41, 5.74) is 12.4. The minimum absolute atomic E-state index is 0.0723. The number of fused-ring (bicyclic) bond motifs is 3. The quantitative estimate of drug-likeness (QED) is 0.587. The molecule has 1 aromatic carbocycles. The third-order valence-corrected chi connectivity index (χ3v) is 8.39. The van der Waals surface area contributed by atoms with Crippen molar-refractivity contribution in [3.63, 3.8) is 0 Å². The molecule has 1 fully saturated rings. The van der Waals surface area contributed by atoms with Crippen LogP contribution < -0.4 is 15.5 Å². The van der Waals surface area contributed by atoms with Crippen molar-refractivity contribution in [1.82, 2.24) is 15.0 Å². The van der Waals surface area contributed by atoms with Gasteiger partial charge in [-0.3, -0.25) is 9.98 Å². The third kappa shape index (κ3) is 3.19. The number of amidine groups is 1. The van der Waals surface area contributed by atoms with Crippen molar-refractivity contribution in [2.24, 2.45) is 16.1 Å². The lowest BCUT2D eigenvalue weighted by Crippen LogP contribution is -2.44. The first kappa shape index (κ1) is 20.9. The van der Waals surface area contributed by atoms with E-state index in [1.807, 2.05) is 24.5 Å². The molecule has 7 nitrogen and oxygen atoms in total. The molecule has 0 unspecified atom stereocenters. The Balaban J connectivity index is 1.09. The van der Waals surface area contributed by atoms with E-state index in [4.69, 9.17) is 20.7 Å². The molecular weight excluding hydrogens is 441 g/mol. The van der Waals surface area contributed by atoms with E-state index in [9.17, 15) is 4.39 Å². The maximum atomic E-state index is 14.4. The molecule has 1 atom stereocenters. The minimum atomic E-state index is -0.121. The van der Waals surface area contributed by atoms with E-state index in [1.54, 1.807) is 12.1 Å². The fourth-order valence-electron chi connectivity index (χ4n) is 6.43. The molecule has 3 aromatic rings. The van der Waals surface area contributed by atoms with E-state index in [-0.39, 0.29) is 17.3 Å². The van der Waals surface area contributed by atoms with Gasteiger partial charge in [-0.15, -0.1) is 0 Å². The Morgan fingerprint density at radius 1 is 1.03 bits per heavy atom. The van der Waals surface area contributed by atoms with Crippen LogP contribution in [-0.4, -0.2) is 40.4 Å². The molecular formula is C27H28FN7. The van der Waals surface area contributed by atoms with Crippen LogP contribution in [-0.2, 0) is 19.4 Å². The Kier molecular flexibility index (Phi) is 4.67. The molecule has 178 valence electrons. The van der Waals surface area contributed by atoms with E-state index < -0.39 is 0 Å². The number of aryl methyl sites for hydroxylation is 1. The van der Waals surface area contributed by atoms with Crippen LogP contribution in [0.2, 0.25) is 0 Å². The number of aliphatic imine (C=N–C) groups is 1. The van der Waals surface area contributed by atoms with Crippen LogP contribution in [0.3, 0.4) is 0 Å². The molecule has 1 spiro atoms. The second kappa shape index (κ2) is 7.81. The number of nitrogens with two attached hydrogens (primary N) is 1. The highest BCUT2D eigenvalue weighted by atomic mass is 19.1. The summed E-state index contributed by atoms with van der Waals surface area (Å²) in [5, 5.41) is 0. The fourth-order valence-corrected chi connectivity index (χ4v) is 6.43. The van der Waals surface area contributed by atoms with Gasteiger partial charge >= 0.3 is 0 Å². The van der Waals surface area contributed by atoms with Crippen molar-refractivity contribution in [3.8, 4) is 0 Å². The molecule has 1 saturated heterocycles. The van der Waals surface area contributed by atoms with Crippen molar-refractivity contribution in [2.75, 3.05) is 29.4 Å². The largest absolute Gasteiger partial charge is 0.355 e. The maximum Gasteiger partial charge on any atom is 0.156 e. The highest BCUT2D eigenvalue weighted by molar-refractivity contribution is 6.11. The molecule has 7 rings (SSSR count). The van der Waals surface area contributed by atoms with Gasteiger partial charge in [-0.05, 0) is 66.8 Å². The highest BCUT2D eigenvalue weighted by Crippen LogP contribution is 2.51. The summed E-state index contributed by atoms with van der Waals surface area (Å²) in [5.74, 6) is 1.68. The standard InChI is InChI=1S/C27H28FN7/c28-19-5-1-4-17-18(19)14-27(25(17)29)8-12-34(13-9-27)23-16-31-24-21(33-23)15-32-26(24)35-11-3-6-20-22(35)7-2-10-30-20/h1-2,4-5,7,10,16,25H,3,6,8-9,11-15,29H2/t25-/m0/s1. The van der Waals surface area contributed by atoms with Gasteiger partial charge in [-0.1, -0.05) is 12.1 Å². The summed E-state index contributed by atoms with van der Waals surface area (Å²) in [6.45, 7) is 3.15. The average Bonchev–Trinajstić information content (AvgIpc) is 3.44. The number of hydrogen-bond donors (Lipinski definition) is 1. The van der Waals surface area contributed by atoms with Gasteiger partial charge in [-0.25, -0.2) is 14.4 Å². The predicted molar refractivity (Wildman–Crippen MR) is 133 cm³/mol. The molecule has 3 aliphatic heterocycles. The Labute approximate surface area is 203 Å². The monoisotopic (exact) mass is 469 g/mol. The summed E-state index contributed by atoms with van der Waals surface area (Å²) in [7, 11) is 0. The number of anilines is 2. The van der Waals surface area contributed by atoms with Crippen LogP contribution in [0.5, 0.6) is 0 Å². The second-order valence-electron chi connectivity index (χ2n) is 10.2. The van der Waals surface area contributed by atoms with Gasteiger partial charge in [0.2, 0.25) is 0 Å². The number of piperidine rings is 1. The lowest BCUT2D eigenvalue weighted by molar-refractivity contribution is 0.186. The number of rotatable bonds is 1. The molecule has 8 heteroatoms. The molecule has 5 heterocycles. The van der Waals surface area contributed by atoms with Crippen LogP contribution in [0, 0.1) is 11.2 Å². The zero-order valence-corrected chi connectivity index (χ0v) is 19.6. The number of halogens is 1. The van der Waals surface area contributed by atoms with Crippen molar-refractivity contribution in [2.45, 2.75) is 44.7 Å². The SMILES string of the molecule is N[C@H]1c2cccc(F)c2CC12CCN(c1cnc3c(n1)CN=C3N1CCCc3ncccc31)CC2. The average molecular weight is 470 g/mol. The number of benzene rings is 1. The lowest BCUT2D eigenvalue weighted by Gasteiger charge is -2.42. The topological polar surface area (TPSA) is 83.5 Å². The Hall–Kier alpha value is -3.39. The number of nitrogens with zero attached hydrogens (tertiary/aromatic N) is 6. The summed E-state index contributed by atoms with van der Waals surface area (Å²) in [4.78, 5) is 23.7. The van der Waals surface area contributed by atoms with E-state index in [0.717, 1.165) is 97.3 Å². The number of aromatic nitrogens is 3. The van der Waals surface area contributed by atoms with Crippen LogP contribution in [0.1, 0.15) is 53.5 Å². The van der Waals surface area contributed by atoms with Gasteiger partial charge in [-0.2, -0.15) is 0 Å². The molecule has 2 aromatic heterocycles. The van der Waals surface area contributed by atoms with Crippen LogP contribution >= 0.6 is 0 Å². The lowest BCUT2D eigenvalue weighted by atomic mass is 9.73. The van der Waals surface area contributed by atoms with Crippen LogP contribution in [0.4, 0.5) is 15.9 Å². The molecule has 0 bridgehead atoms. The van der Waals surface area contributed by atoms with E-state index >= 15 is 0 Å². The Morgan fingerprint density at radius 2 is 1.91 bits per heavy atom. The Bertz CT molecular complexity index is 1350. The summed E-state index contributed by atoms with van der Waals surface area (Å²) >= 11 is 0. The smallest absolute Gasteiger partial charge is 0.156 e. The molecule has 0 radical (unpaired) electrons. The van der Waals surface area contributed by atoms with E-state index in [2.05, 4.69) is 20.9 Å². The van der Waals surface area contributed by atoms with Crippen LogP contribution in [0.25, 0.3) is 0 Å². The second-order valence-corrected chi connectivity index (χ2v) is 10.2. The van der Waals surface area contributed by atoms with Gasteiger partial charge < -0.3 is 15.5 Å². The molecule has 35 heavy (non-hydrogen) atoms. The van der Waals surface area contributed by atoms with E-state index in [1.165, 1.54) is 0 Å². The normalized spacial score (nSPS) is 22.1. The minimum Gasteiger partial charge on any atom is -0.355 e. The molecule has 1 aliphatic carbocycles. The molecule has 0 amide bonds. The van der Waals surface area contributed by atoms with Crippen molar-refractivity contribution >= 4 is 17.3 Å². The Morgan fingerprint density at radius 3 is 2.77 bits per heavy atom. The van der Waals surface area contributed by atoms with Gasteiger partial charge in [0.25, 0.3) is 0 Å². The number of pyridine rings is 1. The molecule has 4 aliphatic rings. The van der Waals surface area contributed by atoms with Crippen molar-refractivity contribution < 1.29 is 4.39 Å². The van der Waals surface area contributed by atoms with Crippen molar-refractivity contribution in [3.05, 3.63) is 76.8 Å². The van der Waals surface area contributed by atoms with Gasteiger partial charge in [0.15, 0.2) is 5.84 Å².